The molecule has 3 heteroatoms. The molecular weight excluding hydrogens is 228 g/mol. The lowest BCUT2D eigenvalue weighted by Crippen LogP contribution is -1.90. The van der Waals surface area contributed by atoms with Crippen molar-refractivity contribution in [1.82, 2.24) is 0 Å². The lowest BCUT2D eigenvalue weighted by atomic mass is 9.94. The highest BCUT2D eigenvalue weighted by atomic mass is 16.3. The van der Waals surface area contributed by atoms with Gasteiger partial charge in [0.1, 0.15) is 5.75 Å². The summed E-state index contributed by atoms with van der Waals surface area (Å²) in [6.07, 6.45) is 0. The minimum atomic E-state index is -0.162. The normalized spacial score (nSPS) is 10.6. The second-order valence-corrected chi connectivity index (χ2v) is 4.54. The first-order chi connectivity index (χ1) is 8.41. The molecule has 0 saturated heterocycles. The smallest absolute Gasteiger partial charge is 0.158 e. The van der Waals surface area contributed by atoms with Gasteiger partial charge in [-0.1, -0.05) is 12.1 Å². The van der Waals surface area contributed by atoms with E-state index in [0.29, 0.717) is 0 Å². The molecule has 18 heavy (non-hydrogen) atoms. The van der Waals surface area contributed by atoms with Crippen LogP contribution in [-0.2, 0) is 0 Å². The van der Waals surface area contributed by atoms with Crippen molar-refractivity contribution in [1.29, 1.82) is 0 Å². The molecule has 0 aliphatic carbocycles. The van der Waals surface area contributed by atoms with E-state index in [2.05, 4.69) is 0 Å². The highest BCUT2D eigenvalue weighted by molar-refractivity contribution is 5.73. The average molecular weight is 244 g/mol. The molecule has 0 aliphatic heterocycles. The van der Waals surface area contributed by atoms with Gasteiger partial charge in [-0.05, 0) is 60.7 Å². The minimum absolute atomic E-state index is 0.149. The summed E-state index contributed by atoms with van der Waals surface area (Å²) in [6.45, 7) is 5.63. The van der Waals surface area contributed by atoms with Gasteiger partial charge in [-0.25, -0.2) is 0 Å². The van der Waals surface area contributed by atoms with E-state index >= 15 is 0 Å². The van der Waals surface area contributed by atoms with E-state index in [1.54, 1.807) is 6.07 Å². The Balaban J connectivity index is 2.67. The van der Waals surface area contributed by atoms with Gasteiger partial charge in [0, 0.05) is 0 Å². The van der Waals surface area contributed by atoms with Gasteiger partial charge in [0.15, 0.2) is 11.5 Å². The van der Waals surface area contributed by atoms with E-state index in [-0.39, 0.29) is 17.2 Å². The van der Waals surface area contributed by atoms with E-state index in [4.69, 9.17) is 0 Å². The number of hydrogen-bond donors (Lipinski definition) is 3. The molecule has 0 heterocycles. The maximum Gasteiger partial charge on any atom is 0.158 e. The monoisotopic (exact) mass is 244 g/mol. The van der Waals surface area contributed by atoms with Crippen molar-refractivity contribution in [2.24, 2.45) is 0 Å². The predicted octanol–water partition coefficient (Wildman–Crippen LogP) is 3.40. The Labute approximate surface area is 106 Å². The van der Waals surface area contributed by atoms with Crippen LogP contribution >= 0.6 is 0 Å². The van der Waals surface area contributed by atoms with Gasteiger partial charge in [0.05, 0.1) is 0 Å². The highest BCUT2D eigenvalue weighted by Gasteiger charge is 2.12. The summed E-state index contributed by atoms with van der Waals surface area (Å²) in [4.78, 5) is 0. The highest BCUT2D eigenvalue weighted by Crippen LogP contribution is 2.37. The van der Waals surface area contributed by atoms with E-state index in [1.165, 1.54) is 12.1 Å². The van der Waals surface area contributed by atoms with Crippen molar-refractivity contribution < 1.29 is 15.3 Å². The third-order valence-electron chi connectivity index (χ3n) is 3.35. The standard InChI is InChI=1S/C15H16O3/c1-8-6-12(10(3)15(18)9(8)2)11-4-5-13(16)14(17)7-11/h4-7,16-18H,1-3H3. The number of phenols is 3. The summed E-state index contributed by atoms with van der Waals surface area (Å²) in [5, 5.41) is 28.9. The van der Waals surface area contributed by atoms with Crippen molar-refractivity contribution in [2.45, 2.75) is 20.8 Å². The van der Waals surface area contributed by atoms with Crippen LogP contribution in [-0.4, -0.2) is 15.3 Å². The maximum atomic E-state index is 10.0. The molecule has 0 aromatic heterocycles. The van der Waals surface area contributed by atoms with E-state index in [9.17, 15) is 15.3 Å². The second kappa shape index (κ2) is 4.26. The Hall–Kier alpha value is -2.16. The molecule has 2 rings (SSSR count). The quantitative estimate of drug-likeness (QED) is 0.674. The van der Waals surface area contributed by atoms with Gasteiger partial charge in [-0.2, -0.15) is 0 Å². The van der Waals surface area contributed by atoms with Crippen molar-refractivity contribution in [3.63, 3.8) is 0 Å². The van der Waals surface area contributed by atoms with Gasteiger partial charge in [-0.15, -0.1) is 0 Å². The van der Waals surface area contributed by atoms with E-state index in [0.717, 1.165) is 27.8 Å². The summed E-state index contributed by atoms with van der Waals surface area (Å²) >= 11 is 0. The minimum Gasteiger partial charge on any atom is -0.507 e. The van der Waals surface area contributed by atoms with Crippen molar-refractivity contribution in [2.75, 3.05) is 0 Å². The largest absolute Gasteiger partial charge is 0.507 e. The van der Waals surface area contributed by atoms with Crippen LogP contribution in [0.4, 0.5) is 0 Å². The van der Waals surface area contributed by atoms with Crippen LogP contribution in [0.5, 0.6) is 17.2 Å². The molecule has 0 spiro atoms. The summed E-state index contributed by atoms with van der Waals surface area (Å²) in [7, 11) is 0. The molecule has 0 fully saturated rings. The first-order valence-electron chi connectivity index (χ1n) is 5.74. The van der Waals surface area contributed by atoms with Crippen molar-refractivity contribution in [3.05, 3.63) is 41.0 Å². The number of aromatic hydroxyl groups is 3. The van der Waals surface area contributed by atoms with Crippen LogP contribution in [0.2, 0.25) is 0 Å². The molecule has 0 amide bonds. The Morgan fingerprint density at radius 1 is 0.778 bits per heavy atom. The fourth-order valence-electron chi connectivity index (χ4n) is 2.02. The number of benzene rings is 2. The van der Waals surface area contributed by atoms with Crippen molar-refractivity contribution in [3.8, 4) is 28.4 Å². The van der Waals surface area contributed by atoms with Gasteiger partial charge >= 0.3 is 0 Å². The Bertz CT molecular complexity index is 616. The van der Waals surface area contributed by atoms with E-state index in [1.807, 2.05) is 26.8 Å². The topological polar surface area (TPSA) is 60.7 Å². The van der Waals surface area contributed by atoms with Crippen LogP contribution in [0.3, 0.4) is 0 Å². The molecule has 0 unspecified atom stereocenters. The first kappa shape index (κ1) is 12.3. The van der Waals surface area contributed by atoms with Crippen molar-refractivity contribution >= 4 is 0 Å². The first-order valence-corrected chi connectivity index (χ1v) is 5.74. The average Bonchev–Trinajstić information content (AvgIpc) is 2.35. The fraction of sp³-hybridized carbons (Fsp3) is 0.200. The van der Waals surface area contributed by atoms with Crippen LogP contribution in [0.15, 0.2) is 24.3 Å². The molecule has 0 atom stereocenters. The molecule has 3 N–H and O–H groups in total. The predicted molar refractivity (Wildman–Crippen MR) is 71.1 cm³/mol. The van der Waals surface area contributed by atoms with E-state index < -0.39 is 0 Å². The molecular formula is C15H16O3. The van der Waals surface area contributed by atoms with Gasteiger partial charge in [0.25, 0.3) is 0 Å². The lowest BCUT2D eigenvalue weighted by Gasteiger charge is -2.13. The molecule has 0 radical (unpaired) electrons. The summed E-state index contributed by atoms with van der Waals surface area (Å²) in [5.74, 6) is -0.0355. The molecule has 0 saturated carbocycles. The second-order valence-electron chi connectivity index (χ2n) is 4.54. The molecule has 2 aromatic rings. The number of phenolic OH excluding ortho intramolecular Hbond substituents is 3. The van der Waals surface area contributed by atoms with Gasteiger partial charge in [-0.3, -0.25) is 0 Å². The third kappa shape index (κ3) is 1.88. The van der Waals surface area contributed by atoms with Crippen LogP contribution < -0.4 is 0 Å². The lowest BCUT2D eigenvalue weighted by molar-refractivity contribution is 0.404. The van der Waals surface area contributed by atoms with Crippen LogP contribution in [0, 0.1) is 20.8 Å². The Kier molecular flexibility index (Phi) is 2.91. The number of aryl methyl sites for hydroxylation is 1. The zero-order valence-electron chi connectivity index (χ0n) is 10.7. The molecule has 94 valence electrons. The number of rotatable bonds is 1. The Morgan fingerprint density at radius 3 is 2.06 bits per heavy atom. The fourth-order valence-corrected chi connectivity index (χ4v) is 2.02. The zero-order chi connectivity index (χ0) is 13.4. The SMILES string of the molecule is Cc1cc(-c2ccc(O)c(O)c2)c(C)c(O)c1C. The molecule has 2 aromatic carbocycles. The van der Waals surface area contributed by atoms with Crippen LogP contribution in [0.1, 0.15) is 16.7 Å². The molecule has 0 aliphatic rings. The van der Waals surface area contributed by atoms with Gasteiger partial charge in [0.2, 0.25) is 0 Å². The van der Waals surface area contributed by atoms with Gasteiger partial charge < -0.3 is 15.3 Å². The summed E-state index contributed by atoms with van der Waals surface area (Å²) < 4.78 is 0. The maximum absolute atomic E-state index is 10.0. The molecule has 3 nitrogen and oxygen atoms in total. The zero-order valence-corrected chi connectivity index (χ0v) is 10.7. The summed E-state index contributed by atoms with van der Waals surface area (Å²) in [5.41, 5.74) is 4.23. The number of hydrogen-bond acceptors (Lipinski definition) is 3. The Morgan fingerprint density at radius 2 is 1.44 bits per heavy atom. The summed E-state index contributed by atoms with van der Waals surface area (Å²) in [6, 6.07) is 6.62. The molecule has 0 bridgehead atoms. The third-order valence-corrected chi connectivity index (χ3v) is 3.35. The van der Waals surface area contributed by atoms with Crippen LogP contribution in [0.25, 0.3) is 11.1 Å².